The normalized spacial score (nSPS) is 10.3. The summed E-state index contributed by atoms with van der Waals surface area (Å²) >= 11 is 5.94. The van der Waals surface area contributed by atoms with Crippen molar-refractivity contribution in [1.29, 1.82) is 5.26 Å². The van der Waals surface area contributed by atoms with Gasteiger partial charge in [-0.3, -0.25) is 4.79 Å². The Bertz CT molecular complexity index is 762. The van der Waals surface area contributed by atoms with Crippen LogP contribution < -0.4 is 10.1 Å². The van der Waals surface area contributed by atoms with Crippen LogP contribution in [0.15, 0.2) is 48.5 Å². The van der Waals surface area contributed by atoms with Crippen LogP contribution in [0.2, 0.25) is 5.02 Å². The van der Waals surface area contributed by atoms with E-state index in [1.807, 2.05) is 12.1 Å². The number of hydrogen-bond acceptors (Lipinski definition) is 3. The lowest BCUT2D eigenvalue weighted by molar-refractivity contribution is -0.116. The molecule has 4 nitrogen and oxygen atoms in total. The van der Waals surface area contributed by atoms with Crippen LogP contribution in [0, 0.1) is 11.3 Å². The number of amides is 1. The summed E-state index contributed by atoms with van der Waals surface area (Å²) in [6.07, 6.45) is 3.08. The van der Waals surface area contributed by atoms with Crippen molar-refractivity contribution in [1.82, 2.24) is 5.32 Å². The van der Waals surface area contributed by atoms with Gasteiger partial charge in [0.15, 0.2) is 0 Å². The summed E-state index contributed by atoms with van der Waals surface area (Å²) in [5.74, 6) is 0.418. The third kappa shape index (κ3) is 4.87. The van der Waals surface area contributed by atoms with Crippen molar-refractivity contribution in [2.75, 3.05) is 7.11 Å². The lowest BCUT2D eigenvalue weighted by Crippen LogP contribution is -2.20. The SMILES string of the molecule is COc1ccc(Cl)cc1C=CC(=O)NCc1ccc(C#N)cc1. The number of nitriles is 1. The van der Waals surface area contributed by atoms with E-state index in [2.05, 4.69) is 11.4 Å². The Hall–Kier alpha value is -2.77. The molecular weight excluding hydrogens is 312 g/mol. The second-order valence-corrected chi connectivity index (χ2v) is 5.18. The Morgan fingerprint density at radius 2 is 2.04 bits per heavy atom. The quantitative estimate of drug-likeness (QED) is 0.855. The molecule has 0 atom stereocenters. The maximum absolute atomic E-state index is 11.9. The van der Waals surface area contributed by atoms with Crippen LogP contribution in [0.4, 0.5) is 0 Å². The number of benzene rings is 2. The zero-order valence-electron chi connectivity index (χ0n) is 12.5. The molecule has 5 heteroatoms. The van der Waals surface area contributed by atoms with Crippen molar-refractivity contribution < 1.29 is 9.53 Å². The fourth-order valence-electron chi connectivity index (χ4n) is 1.95. The summed E-state index contributed by atoms with van der Waals surface area (Å²) in [4.78, 5) is 11.9. The first kappa shape index (κ1) is 16.6. The summed E-state index contributed by atoms with van der Waals surface area (Å²) in [5, 5.41) is 12.1. The maximum Gasteiger partial charge on any atom is 0.244 e. The van der Waals surface area contributed by atoms with E-state index in [1.54, 1.807) is 43.5 Å². The van der Waals surface area contributed by atoms with Crippen molar-refractivity contribution in [3.05, 3.63) is 70.3 Å². The number of nitrogens with zero attached hydrogens (tertiary/aromatic N) is 1. The Morgan fingerprint density at radius 3 is 2.70 bits per heavy atom. The average molecular weight is 327 g/mol. The summed E-state index contributed by atoms with van der Waals surface area (Å²) in [7, 11) is 1.56. The largest absolute Gasteiger partial charge is 0.496 e. The van der Waals surface area contributed by atoms with Gasteiger partial charge in [-0.1, -0.05) is 23.7 Å². The van der Waals surface area contributed by atoms with Crippen LogP contribution in [-0.4, -0.2) is 13.0 Å². The molecule has 0 fully saturated rings. The number of carbonyl (C=O) groups excluding carboxylic acids is 1. The number of ether oxygens (including phenoxy) is 1. The van der Waals surface area contributed by atoms with E-state index in [0.29, 0.717) is 22.9 Å². The Morgan fingerprint density at radius 1 is 1.30 bits per heavy atom. The number of methoxy groups -OCH3 is 1. The fraction of sp³-hybridized carbons (Fsp3) is 0.111. The van der Waals surface area contributed by atoms with Gasteiger partial charge in [0.2, 0.25) is 5.91 Å². The molecule has 0 aliphatic carbocycles. The second-order valence-electron chi connectivity index (χ2n) is 4.75. The van der Waals surface area contributed by atoms with Gasteiger partial charge < -0.3 is 10.1 Å². The van der Waals surface area contributed by atoms with Gasteiger partial charge in [0.25, 0.3) is 0 Å². The Kier molecular flexibility index (Phi) is 5.79. The summed E-state index contributed by atoms with van der Waals surface area (Å²) < 4.78 is 5.22. The molecule has 23 heavy (non-hydrogen) atoms. The minimum atomic E-state index is -0.226. The number of hydrogen-bond donors (Lipinski definition) is 1. The van der Waals surface area contributed by atoms with E-state index in [-0.39, 0.29) is 5.91 Å². The molecule has 0 bridgehead atoms. The van der Waals surface area contributed by atoms with Crippen molar-refractivity contribution in [2.45, 2.75) is 6.54 Å². The lowest BCUT2D eigenvalue weighted by atomic mass is 10.1. The fourth-order valence-corrected chi connectivity index (χ4v) is 2.13. The molecule has 1 N–H and O–H groups in total. The van der Waals surface area contributed by atoms with Gasteiger partial charge in [0, 0.05) is 23.2 Å². The van der Waals surface area contributed by atoms with Crippen molar-refractivity contribution >= 4 is 23.6 Å². The van der Waals surface area contributed by atoms with E-state index in [4.69, 9.17) is 21.6 Å². The first-order valence-corrected chi connectivity index (χ1v) is 7.28. The molecular formula is C18H15ClN2O2. The monoisotopic (exact) mass is 326 g/mol. The second kappa shape index (κ2) is 8.02. The standard InChI is InChI=1S/C18H15ClN2O2/c1-23-17-8-7-16(19)10-15(17)6-9-18(22)21-12-14-4-2-13(11-20)3-5-14/h2-10H,12H2,1H3,(H,21,22). The van der Waals surface area contributed by atoms with E-state index >= 15 is 0 Å². The molecule has 1 amide bonds. The van der Waals surface area contributed by atoms with E-state index in [0.717, 1.165) is 11.1 Å². The highest BCUT2D eigenvalue weighted by Gasteiger charge is 2.02. The third-order valence-electron chi connectivity index (χ3n) is 3.16. The zero-order valence-corrected chi connectivity index (χ0v) is 13.3. The van der Waals surface area contributed by atoms with E-state index in [1.165, 1.54) is 6.08 Å². The van der Waals surface area contributed by atoms with Gasteiger partial charge in [-0.05, 0) is 42.0 Å². The van der Waals surface area contributed by atoms with Gasteiger partial charge in [0.1, 0.15) is 5.75 Å². The van der Waals surface area contributed by atoms with E-state index in [9.17, 15) is 4.79 Å². The molecule has 2 rings (SSSR count). The Balaban J connectivity index is 1.96. The van der Waals surface area contributed by atoms with Crippen LogP contribution in [-0.2, 0) is 11.3 Å². The van der Waals surface area contributed by atoms with Gasteiger partial charge >= 0.3 is 0 Å². The van der Waals surface area contributed by atoms with Crippen molar-refractivity contribution in [3.8, 4) is 11.8 Å². The highest BCUT2D eigenvalue weighted by Crippen LogP contribution is 2.23. The first-order valence-electron chi connectivity index (χ1n) is 6.91. The highest BCUT2D eigenvalue weighted by molar-refractivity contribution is 6.30. The van der Waals surface area contributed by atoms with Crippen molar-refractivity contribution in [3.63, 3.8) is 0 Å². The molecule has 116 valence electrons. The number of nitrogens with one attached hydrogen (secondary N) is 1. The van der Waals surface area contributed by atoms with Crippen LogP contribution in [0.25, 0.3) is 6.08 Å². The summed E-state index contributed by atoms with van der Waals surface area (Å²) in [5.41, 5.74) is 2.24. The molecule has 0 spiro atoms. The molecule has 0 heterocycles. The van der Waals surface area contributed by atoms with Crippen LogP contribution in [0.1, 0.15) is 16.7 Å². The molecule has 0 saturated heterocycles. The minimum absolute atomic E-state index is 0.226. The lowest BCUT2D eigenvalue weighted by Gasteiger charge is -2.05. The number of carbonyl (C=O) groups is 1. The molecule has 0 unspecified atom stereocenters. The zero-order chi connectivity index (χ0) is 16.7. The number of rotatable bonds is 5. The minimum Gasteiger partial charge on any atom is -0.496 e. The van der Waals surface area contributed by atoms with Gasteiger partial charge in [-0.2, -0.15) is 5.26 Å². The molecule has 2 aromatic rings. The summed E-state index contributed by atoms with van der Waals surface area (Å²) in [6.45, 7) is 0.390. The van der Waals surface area contributed by atoms with Gasteiger partial charge in [-0.15, -0.1) is 0 Å². The van der Waals surface area contributed by atoms with Gasteiger partial charge in [0.05, 0.1) is 18.7 Å². The maximum atomic E-state index is 11.9. The third-order valence-corrected chi connectivity index (χ3v) is 3.39. The smallest absolute Gasteiger partial charge is 0.244 e. The topological polar surface area (TPSA) is 62.1 Å². The highest BCUT2D eigenvalue weighted by atomic mass is 35.5. The number of halogens is 1. The Labute approximate surface area is 140 Å². The predicted octanol–water partition coefficient (Wildman–Crippen LogP) is 3.55. The van der Waals surface area contributed by atoms with Gasteiger partial charge in [-0.25, -0.2) is 0 Å². The molecule has 0 aliphatic heterocycles. The molecule has 0 aromatic heterocycles. The van der Waals surface area contributed by atoms with Crippen LogP contribution in [0.5, 0.6) is 5.75 Å². The van der Waals surface area contributed by atoms with E-state index < -0.39 is 0 Å². The van der Waals surface area contributed by atoms with Crippen LogP contribution >= 0.6 is 11.6 Å². The molecule has 0 saturated carbocycles. The predicted molar refractivity (Wildman–Crippen MR) is 90.0 cm³/mol. The van der Waals surface area contributed by atoms with Crippen molar-refractivity contribution in [2.24, 2.45) is 0 Å². The molecule has 0 radical (unpaired) electrons. The van der Waals surface area contributed by atoms with Crippen LogP contribution in [0.3, 0.4) is 0 Å². The molecule has 0 aliphatic rings. The molecule has 2 aromatic carbocycles. The summed E-state index contributed by atoms with van der Waals surface area (Å²) in [6, 6.07) is 14.3. The average Bonchev–Trinajstić information content (AvgIpc) is 2.58. The first-order chi connectivity index (χ1) is 11.1.